The van der Waals surface area contributed by atoms with Crippen LogP contribution in [0.25, 0.3) is 0 Å². The van der Waals surface area contributed by atoms with Crippen molar-refractivity contribution in [1.82, 2.24) is 4.90 Å². The number of aliphatic carboxylic acids is 1. The van der Waals surface area contributed by atoms with Crippen LogP contribution in [0.5, 0.6) is 0 Å². The normalized spacial score (nSPS) is 19.4. The second kappa shape index (κ2) is 7.47. The van der Waals surface area contributed by atoms with Crippen LogP contribution < -0.4 is 0 Å². The largest absolute Gasteiger partial charge is 0.480 e. The van der Waals surface area contributed by atoms with Gasteiger partial charge in [0.1, 0.15) is 11.9 Å². The lowest BCUT2D eigenvalue weighted by Crippen LogP contribution is -2.34. The molecule has 0 aromatic rings. The average molecular weight is 280 g/mol. The Labute approximate surface area is 118 Å². The van der Waals surface area contributed by atoms with E-state index in [1.54, 1.807) is 24.8 Å². The fraction of sp³-hybridized carbons (Fsp3) is 0.500. The zero-order valence-electron chi connectivity index (χ0n) is 11.8. The number of carboxylic acids is 1. The SMILES string of the molecule is C=C(/N=C\C(=CC)C(=O)OCC)N1CCCC1C(=O)O. The van der Waals surface area contributed by atoms with Gasteiger partial charge in [0.2, 0.25) is 0 Å². The lowest BCUT2D eigenvalue weighted by molar-refractivity contribution is -0.141. The fourth-order valence-electron chi connectivity index (χ4n) is 2.01. The minimum Gasteiger partial charge on any atom is -0.480 e. The molecule has 0 spiro atoms. The van der Waals surface area contributed by atoms with Gasteiger partial charge in [0.05, 0.1) is 12.2 Å². The van der Waals surface area contributed by atoms with E-state index in [0.717, 1.165) is 6.42 Å². The van der Waals surface area contributed by atoms with E-state index in [4.69, 9.17) is 9.84 Å². The molecule has 1 aliphatic rings. The van der Waals surface area contributed by atoms with Crippen LogP contribution in [0.1, 0.15) is 26.7 Å². The third-order valence-corrected chi connectivity index (χ3v) is 3.04. The molecule has 1 heterocycles. The van der Waals surface area contributed by atoms with E-state index in [0.29, 0.717) is 24.4 Å². The van der Waals surface area contributed by atoms with Crippen molar-refractivity contribution in [3.8, 4) is 0 Å². The summed E-state index contributed by atoms with van der Waals surface area (Å²) in [6.45, 7) is 8.10. The van der Waals surface area contributed by atoms with Crippen molar-refractivity contribution in [2.75, 3.05) is 13.2 Å². The Morgan fingerprint density at radius 1 is 1.55 bits per heavy atom. The van der Waals surface area contributed by atoms with Crippen LogP contribution in [0.2, 0.25) is 0 Å². The zero-order valence-corrected chi connectivity index (χ0v) is 11.8. The highest BCUT2D eigenvalue weighted by molar-refractivity contribution is 6.09. The number of carboxylic acid groups (broad SMARTS) is 1. The Morgan fingerprint density at radius 2 is 2.25 bits per heavy atom. The number of esters is 1. The van der Waals surface area contributed by atoms with E-state index in [9.17, 15) is 9.59 Å². The molecule has 0 aromatic heterocycles. The summed E-state index contributed by atoms with van der Waals surface area (Å²) < 4.78 is 4.88. The van der Waals surface area contributed by atoms with Gasteiger partial charge in [-0.1, -0.05) is 12.7 Å². The van der Waals surface area contributed by atoms with Gasteiger partial charge in [0.15, 0.2) is 0 Å². The van der Waals surface area contributed by atoms with E-state index in [2.05, 4.69) is 11.6 Å². The van der Waals surface area contributed by atoms with Crippen LogP contribution in [0.4, 0.5) is 0 Å². The van der Waals surface area contributed by atoms with Crippen LogP contribution in [0, 0.1) is 0 Å². The maximum atomic E-state index is 11.6. The van der Waals surface area contributed by atoms with Crippen molar-refractivity contribution < 1.29 is 19.4 Å². The number of aliphatic imine (C=N–C) groups is 1. The molecule has 1 saturated heterocycles. The van der Waals surface area contributed by atoms with Gasteiger partial charge >= 0.3 is 11.9 Å². The predicted molar refractivity (Wildman–Crippen MR) is 75.4 cm³/mol. The van der Waals surface area contributed by atoms with Crippen LogP contribution in [0.15, 0.2) is 29.0 Å². The molecule has 0 saturated carbocycles. The molecule has 1 N–H and O–H groups in total. The molecule has 0 aliphatic carbocycles. The van der Waals surface area contributed by atoms with Crippen molar-refractivity contribution in [2.45, 2.75) is 32.7 Å². The second-order valence-electron chi connectivity index (χ2n) is 4.33. The second-order valence-corrected chi connectivity index (χ2v) is 4.33. The number of hydrogen-bond acceptors (Lipinski definition) is 5. The van der Waals surface area contributed by atoms with Crippen molar-refractivity contribution in [1.29, 1.82) is 0 Å². The van der Waals surface area contributed by atoms with Crippen molar-refractivity contribution in [2.24, 2.45) is 4.99 Å². The highest BCUT2D eigenvalue weighted by atomic mass is 16.5. The van der Waals surface area contributed by atoms with Crippen molar-refractivity contribution in [3.63, 3.8) is 0 Å². The number of carbonyl (C=O) groups is 2. The predicted octanol–water partition coefficient (Wildman–Crippen LogP) is 1.59. The summed E-state index contributed by atoms with van der Waals surface area (Å²) in [6.07, 6.45) is 4.32. The minimum absolute atomic E-state index is 0.290. The Bertz CT molecular complexity index is 454. The van der Waals surface area contributed by atoms with Crippen LogP contribution >= 0.6 is 0 Å². The van der Waals surface area contributed by atoms with E-state index < -0.39 is 18.0 Å². The summed E-state index contributed by atoms with van der Waals surface area (Å²) in [5.74, 6) is -0.989. The summed E-state index contributed by atoms with van der Waals surface area (Å²) in [4.78, 5) is 28.4. The maximum absolute atomic E-state index is 11.6. The molecule has 1 fully saturated rings. The van der Waals surface area contributed by atoms with Gasteiger partial charge in [-0.25, -0.2) is 14.6 Å². The lowest BCUT2D eigenvalue weighted by Gasteiger charge is -2.22. The van der Waals surface area contributed by atoms with Gasteiger partial charge in [-0.3, -0.25) is 0 Å². The first-order chi connectivity index (χ1) is 9.51. The van der Waals surface area contributed by atoms with E-state index >= 15 is 0 Å². The molecule has 0 aromatic carbocycles. The first-order valence-electron chi connectivity index (χ1n) is 6.57. The lowest BCUT2D eigenvalue weighted by atomic mass is 10.2. The summed E-state index contributed by atoms with van der Waals surface area (Å²) in [6, 6.07) is -0.587. The maximum Gasteiger partial charge on any atom is 0.339 e. The van der Waals surface area contributed by atoms with Crippen molar-refractivity contribution in [3.05, 3.63) is 24.0 Å². The van der Waals surface area contributed by atoms with Gasteiger partial charge in [-0.15, -0.1) is 0 Å². The number of ether oxygens (including phenoxy) is 1. The standard InChI is InChI=1S/C14H20N2O4/c1-4-11(14(19)20-5-2)9-15-10(3)16-8-6-7-12(16)13(17)18/h4,9,12H,3,5-8H2,1-2H3,(H,17,18)/b11-4?,15-9-. The fourth-order valence-corrected chi connectivity index (χ4v) is 2.01. The molecule has 1 unspecified atom stereocenters. The third-order valence-electron chi connectivity index (χ3n) is 3.04. The highest BCUT2D eigenvalue weighted by Crippen LogP contribution is 2.22. The van der Waals surface area contributed by atoms with E-state index in [1.807, 2.05) is 0 Å². The Hall–Kier alpha value is -2.11. The molecule has 1 atom stereocenters. The molecule has 20 heavy (non-hydrogen) atoms. The van der Waals surface area contributed by atoms with Crippen LogP contribution in [0.3, 0.4) is 0 Å². The molecule has 6 heteroatoms. The van der Waals surface area contributed by atoms with Gasteiger partial charge in [-0.05, 0) is 26.7 Å². The van der Waals surface area contributed by atoms with Gasteiger partial charge < -0.3 is 14.7 Å². The topological polar surface area (TPSA) is 79.2 Å². The van der Waals surface area contributed by atoms with E-state index in [-0.39, 0.29) is 6.61 Å². The third kappa shape index (κ3) is 3.94. The molecule has 0 radical (unpaired) electrons. The average Bonchev–Trinajstić information content (AvgIpc) is 2.89. The Balaban J connectivity index is 2.71. The van der Waals surface area contributed by atoms with Gasteiger partial charge in [-0.2, -0.15) is 0 Å². The van der Waals surface area contributed by atoms with Gasteiger partial charge in [0, 0.05) is 12.8 Å². The molecule has 110 valence electrons. The number of hydrogen-bond donors (Lipinski definition) is 1. The zero-order chi connectivity index (χ0) is 15.1. The van der Waals surface area contributed by atoms with Crippen LogP contribution in [-0.4, -0.2) is 47.4 Å². The monoisotopic (exact) mass is 280 g/mol. The Kier molecular flexibility index (Phi) is 5.96. The molecule has 6 nitrogen and oxygen atoms in total. The number of rotatable bonds is 6. The quantitative estimate of drug-likeness (QED) is 0.454. The molecular formula is C14H20N2O4. The van der Waals surface area contributed by atoms with Crippen LogP contribution in [-0.2, 0) is 14.3 Å². The summed E-state index contributed by atoms with van der Waals surface area (Å²) in [5.41, 5.74) is 0.319. The van der Waals surface area contributed by atoms with Gasteiger partial charge in [0.25, 0.3) is 0 Å². The summed E-state index contributed by atoms with van der Waals surface area (Å²) in [7, 11) is 0. The smallest absolute Gasteiger partial charge is 0.339 e. The molecule has 0 bridgehead atoms. The molecule has 1 aliphatic heterocycles. The number of carbonyl (C=O) groups excluding carboxylic acids is 1. The van der Waals surface area contributed by atoms with E-state index in [1.165, 1.54) is 6.21 Å². The molecule has 1 rings (SSSR count). The highest BCUT2D eigenvalue weighted by Gasteiger charge is 2.31. The number of allylic oxidation sites excluding steroid dienone is 1. The molecule has 0 amide bonds. The molecular weight excluding hydrogens is 260 g/mol. The Morgan fingerprint density at radius 3 is 2.80 bits per heavy atom. The number of likely N-dealkylation sites (tertiary alicyclic amines) is 1. The first kappa shape index (κ1) is 15.9. The summed E-state index contributed by atoms with van der Waals surface area (Å²) in [5, 5.41) is 9.09. The van der Waals surface area contributed by atoms with Crippen molar-refractivity contribution >= 4 is 18.2 Å². The number of nitrogens with zero attached hydrogens (tertiary/aromatic N) is 2. The minimum atomic E-state index is -0.879. The first-order valence-corrected chi connectivity index (χ1v) is 6.57. The summed E-state index contributed by atoms with van der Waals surface area (Å²) >= 11 is 0.